The number of carbonyl (C=O) groups is 1. The second kappa shape index (κ2) is 6.37. The normalized spacial score (nSPS) is 30.8. The molecule has 1 saturated carbocycles. The van der Waals surface area contributed by atoms with Crippen molar-refractivity contribution in [3.05, 3.63) is 24.3 Å². The molecule has 1 aliphatic heterocycles. The van der Waals surface area contributed by atoms with Gasteiger partial charge in [0.15, 0.2) is 0 Å². The molecular weight excluding hydrogens is 304 g/mol. The molecule has 24 heavy (non-hydrogen) atoms. The Morgan fingerprint density at radius 2 is 2.25 bits per heavy atom. The van der Waals surface area contributed by atoms with Crippen LogP contribution in [0, 0.1) is 11.3 Å². The van der Waals surface area contributed by atoms with Crippen molar-refractivity contribution in [2.75, 3.05) is 18.5 Å². The first-order chi connectivity index (χ1) is 11.4. The third-order valence-electron chi connectivity index (χ3n) is 5.63. The predicted octanol–water partition coefficient (Wildman–Crippen LogP) is 2.95. The summed E-state index contributed by atoms with van der Waals surface area (Å²) < 4.78 is 11.5. The van der Waals surface area contributed by atoms with E-state index in [2.05, 4.69) is 12.2 Å². The van der Waals surface area contributed by atoms with Gasteiger partial charge in [0.2, 0.25) is 5.91 Å². The first-order valence-corrected chi connectivity index (χ1v) is 8.86. The molecule has 3 unspecified atom stereocenters. The van der Waals surface area contributed by atoms with Crippen LogP contribution >= 0.6 is 0 Å². The van der Waals surface area contributed by atoms with Gasteiger partial charge < -0.3 is 20.5 Å². The maximum absolute atomic E-state index is 13.0. The Bertz CT molecular complexity index is 616. The zero-order chi connectivity index (χ0) is 17.4. The largest absolute Gasteiger partial charge is 0.494 e. The van der Waals surface area contributed by atoms with Gasteiger partial charge in [-0.05, 0) is 31.4 Å². The second-order valence-electron chi connectivity index (χ2n) is 7.46. The van der Waals surface area contributed by atoms with Gasteiger partial charge in [0.25, 0.3) is 0 Å². The van der Waals surface area contributed by atoms with Crippen LogP contribution in [0.25, 0.3) is 0 Å². The Labute approximate surface area is 143 Å². The molecule has 0 bridgehead atoms. The van der Waals surface area contributed by atoms with Crippen molar-refractivity contribution in [1.29, 1.82) is 0 Å². The van der Waals surface area contributed by atoms with Crippen LogP contribution in [0.3, 0.4) is 0 Å². The van der Waals surface area contributed by atoms with E-state index in [1.54, 1.807) is 0 Å². The topological polar surface area (TPSA) is 73.6 Å². The molecule has 3 N–H and O–H groups in total. The summed E-state index contributed by atoms with van der Waals surface area (Å²) in [5.74, 6) is 0.708. The van der Waals surface area contributed by atoms with E-state index in [9.17, 15) is 4.79 Å². The number of nitrogens with two attached hydrogens (primary N) is 1. The lowest BCUT2D eigenvalue weighted by Crippen LogP contribution is -2.81. The molecule has 1 heterocycles. The predicted molar refractivity (Wildman–Crippen MR) is 94.0 cm³/mol. The Morgan fingerprint density at radius 3 is 3.00 bits per heavy atom. The molecule has 1 aliphatic carbocycles. The van der Waals surface area contributed by atoms with E-state index in [1.807, 2.05) is 38.1 Å². The van der Waals surface area contributed by atoms with E-state index in [0.29, 0.717) is 6.61 Å². The van der Waals surface area contributed by atoms with Crippen molar-refractivity contribution in [2.45, 2.75) is 51.7 Å². The lowest BCUT2D eigenvalue weighted by atomic mass is 9.46. The first-order valence-electron chi connectivity index (χ1n) is 8.86. The molecule has 3 atom stereocenters. The van der Waals surface area contributed by atoms with Crippen LogP contribution in [0.15, 0.2) is 24.3 Å². The van der Waals surface area contributed by atoms with Crippen molar-refractivity contribution < 1.29 is 14.3 Å². The Kier molecular flexibility index (Phi) is 4.58. The van der Waals surface area contributed by atoms with Gasteiger partial charge in [0, 0.05) is 29.7 Å². The fraction of sp³-hybridized carbons (Fsp3) is 0.632. The number of nitrogens with one attached hydrogen (secondary N) is 1. The summed E-state index contributed by atoms with van der Waals surface area (Å²) in [6.07, 6.45) is 2.92. The van der Waals surface area contributed by atoms with E-state index < -0.39 is 5.54 Å². The van der Waals surface area contributed by atoms with Crippen molar-refractivity contribution in [1.82, 2.24) is 0 Å². The number of amides is 1. The van der Waals surface area contributed by atoms with E-state index >= 15 is 0 Å². The van der Waals surface area contributed by atoms with Crippen LogP contribution in [0.4, 0.5) is 5.69 Å². The number of fused-ring (bicyclic) bond motifs is 1. The molecule has 5 heteroatoms. The van der Waals surface area contributed by atoms with Gasteiger partial charge in [-0.3, -0.25) is 4.79 Å². The van der Waals surface area contributed by atoms with E-state index in [0.717, 1.165) is 37.3 Å². The SMILES string of the molecule is CCCOc1cccc(NC(=O)C2(N)C3CCCOC3C2(C)C)c1. The highest BCUT2D eigenvalue weighted by Gasteiger charge is 2.70. The fourth-order valence-electron chi connectivity index (χ4n) is 4.15. The molecule has 0 spiro atoms. The van der Waals surface area contributed by atoms with Crippen LogP contribution in [0.5, 0.6) is 5.75 Å². The van der Waals surface area contributed by atoms with E-state index in [-0.39, 0.29) is 23.3 Å². The minimum Gasteiger partial charge on any atom is -0.494 e. The minimum atomic E-state index is -0.904. The van der Waals surface area contributed by atoms with Crippen molar-refractivity contribution in [3.8, 4) is 5.75 Å². The molecule has 3 rings (SSSR count). The van der Waals surface area contributed by atoms with Gasteiger partial charge in [-0.1, -0.05) is 26.8 Å². The molecule has 1 aromatic carbocycles. The van der Waals surface area contributed by atoms with Crippen LogP contribution in [-0.2, 0) is 9.53 Å². The third kappa shape index (κ3) is 2.60. The van der Waals surface area contributed by atoms with Gasteiger partial charge in [0.1, 0.15) is 11.3 Å². The quantitative estimate of drug-likeness (QED) is 0.869. The maximum Gasteiger partial charge on any atom is 0.245 e. The van der Waals surface area contributed by atoms with Gasteiger partial charge in [0.05, 0.1) is 12.7 Å². The molecule has 2 fully saturated rings. The van der Waals surface area contributed by atoms with Gasteiger partial charge >= 0.3 is 0 Å². The zero-order valence-electron chi connectivity index (χ0n) is 14.8. The molecule has 1 aromatic rings. The highest BCUT2D eigenvalue weighted by atomic mass is 16.5. The van der Waals surface area contributed by atoms with E-state index in [1.165, 1.54) is 0 Å². The molecule has 0 aromatic heterocycles. The van der Waals surface area contributed by atoms with Gasteiger partial charge in [-0.15, -0.1) is 0 Å². The lowest BCUT2D eigenvalue weighted by Gasteiger charge is -2.65. The average Bonchev–Trinajstić information content (AvgIpc) is 2.59. The number of ether oxygens (including phenoxy) is 2. The first kappa shape index (κ1) is 17.2. The second-order valence-corrected chi connectivity index (χ2v) is 7.46. The highest BCUT2D eigenvalue weighted by molar-refractivity contribution is 6.00. The molecule has 5 nitrogen and oxygen atoms in total. The number of rotatable bonds is 5. The van der Waals surface area contributed by atoms with Crippen LogP contribution in [0.1, 0.15) is 40.0 Å². The summed E-state index contributed by atoms with van der Waals surface area (Å²) in [4.78, 5) is 13.0. The molecule has 1 amide bonds. The minimum absolute atomic E-state index is 0.0706. The zero-order valence-corrected chi connectivity index (χ0v) is 14.8. The maximum atomic E-state index is 13.0. The Hall–Kier alpha value is -1.59. The van der Waals surface area contributed by atoms with Crippen LogP contribution < -0.4 is 15.8 Å². The van der Waals surface area contributed by atoms with Crippen molar-refractivity contribution in [3.63, 3.8) is 0 Å². The summed E-state index contributed by atoms with van der Waals surface area (Å²) in [5.41, 5.74) is 6.06. The summed E-state index contributed by atoms with van der Waals surface area (Å²) in [7, 11) is 0. The highest BCUT2D eigenvalue weighted by Crippen LogP contribution is 2.57. The third-order valence-corrected chi connectivity index (χ3v) is 5.63. The van der Waals surface area contributed by atoms with Crippen molar-refractivity contribution in [2.24, 2.45) is 17.1 Å². The smallest absolute Gasteiger partial charge is 0.245 e. The monoisotopic (exact) mass is 332 g/mol. The number of anilines is 1. The number of hydrogen-bond donors (Lipinski definition) is 2. The van der Waals surface area contributed by atoms with Crippen LogP contribution in [0.2, 0.25) is 0 Å². The number of hydrogen-bond acceptors (Lipinski definition) is 4. The summed E-state index contributed by atoms with van der Waals surface area (Å²) in [5, 5.41) is 2.99. The molecule has 0 radical (unpaired) electrons. The number of benzene rings is 1. The summed E-state index contributed by atoms with van der Waals surface area (Å²) in [6.45, 7) is 7.54. The molecule has 132 valence electrons. The Morgan fingerprint density at radius 1 is 1.46 bits per heavy atom. The van der Waals surface area contributed by atoms with Crippen molar-refractivity contribution >= 4 is 11.6 Å². The number of carbonyl (C=O) groups excluding carboxylic acids is 1. The Balaban J connectivity index is 1.74. The molecule has 2 aliphatic rings. The molecular formula is C19H28N2O3. The summed E-state index contributed by atoms with van der Waals surface area (Å²) in [6, 6.07) is 7.47. The average molecular weight is 332 g/mol. The fourth-order valence-corrected chi connectivity index (χ4v) is 4.15. The van der Waals surface area contributed by atoms with Gasteiger partial charge in [-0.25, -0.2) is 0 Å². The van der Waals surface area contributed by atoms with Crippen LogP contribution in [-0.4, -0.2) is 30.8 Å². The van der Waals surface area contributed by atoms with E-state index in [4.69, 9.17) is 15.2 Å². The summed E-state index contributed by atoms with van der Waals surface area (Å²) >= 11 is 0. The lowest BCUT2D eigenvalue weighted by molar-refractivity contribution is -0.222. The standard InChI is InChI=1S/C19H28N2O3/c1-4-10-23-14-8-5-7-13(12-14)21-17(22)19(20)15-9-6-11-24-16(15)18(19,2)3/h5,7-8,12,15-16H,4,6,9-11,20H2,1-3H3,(H,21,22). The van der Waals surface area contributed by atoms with Gasteiger partial charge in [-0.2, -0.15) is 0 Å². The molecule has 1 saturated heterocycles.